The summed E-state index contributed by atoms with van der Waals surface area (Å²) in [6, 6.07) is -27.2. The topological polar surface area (TPSA) is 13.1 Å². The first-order chi connectivity index (χ1) is 38.5. The van der Waals surface area contributed by atoms with E-state index in [1.165, 1.54) is 0 Å². The summed E-state index contributed by atoms with van der Waals surface area (Å²) in [5.74, 6) is 0. The van der Waals surface area contributed by atoms with E-state index in [1.807, 2.05) is 0 Å². The molecule has 0 spiro atoms. The van der Waals surface area contributed by atoms with Gasteiger partial charge in [-0.3, -0.25) is 0 Å². The summed E-state index contributed by atoms with van der Waals surface area (Å²) in [4.78, 5) is 0. The van der Waals surface area contributed by atoms with Crippen LogP contribution in [0.1, 0.15) is 67.4 Å². The van der Waals surface area contributed by atoms with E-state index in [1.54, 1.807) is 0 Å². The molecule has 244 valence electrons. The molecule has 1 aliphatic carbocycles. The van der Waals surface area contributed by atoms with Crippen molar-refractivity contribution in [2.45, 2.75) is 19.2 Å². The zero-order valence-corrected chi connectivity index (χ0v) is 26.4. The minimum Gasteiger partial charge on any atom is -0.455 e. The van der Waals surface area contributed by atoms with Crippen molar-refractivity contribution in [3.05, 3.63) is 180 Å². The summed E-state index contributed by atoms with van der Waals surface area (Å²) in [7, 11) is 0. The molecule has 52 heavy (non-hydrogen) atoms. The van der Waals surface area contributed by atoms with Crippen molar-refractivity contribution < 1.29 is 46.9 Å². The van der Waals surface area contributed by atoms with Gasteiger partial charge in [0.05, 0.1) is 38.4 Å². The van der Waals surface area contributed by atoms with Crippen LogP contribution in [-0.2, 0) is 5.41 Å². The molecule has 0 fully saturated rings. The van der Waals surface area contributed by atoms with E-state index >= 15 is 0 Å². The molecule has 1 heterocycles. The second kappa shape index (κ2) is 10.8. The van der Waals surface area contributed by atoms with Gasteiger partial charge in [-0.05, 0) is 107 Å². The molecule has 9 aromatic carbocycles. The van der Waals surface area contributed by atoms with Crippen LogP contribution in [0.15, 0.2) is 174 Å². The monoisotopic (exact) mass is 693 g/mol. The van der Waals surface area contributed by atoms with Crippen LogP contribution in [0.25, 0.3) is 98.8 Å². The largest absolute Gasteiger partial charge is 0.455 e. The Hall–Kier alpha value is -6.44. The summed E-state index contributed by atoms with van der Waals surface area (Å²) in [5.41, 5.74) is -11.6. The fourth-order valence-corrected chi connectivity index (χ4v) is 7.04. The van der Waals surface area contributed by atoms with Gasteiger partial charge in [0.15, 0.2) is 0 Å². The van der Waals surface area contributed by atoms with Gasteiger partial charge in [-0.15, -0.1) is 0 Å². The Labute approximate surface area is 346 Å². The lowest BCUT2D eigenvalue weighted by molar-refractivity contribution is 0.662. The van der Waals surface area contributed by atoms with E-state index in [2.05, 4.69) is 0 Å². The predicted octanol–water partition coefficient (Wildman–Crippen LogP) is 14.4. The Bertz CT molecular complexity index is 4740. The molecule has 0 radical (unpaired) electrons. The highest BCUT2D eigenvalue weighted by molar-refractivity contribution is 6.23. The Morgan fingerprint density at radius 3 is 1.81 bits per heavy atom. The van der Waals surface area contributed by atoms with Crippen molar-refractivity contribution in [1.82, 2.24) is 0 Å². The number of hydrogen-bond acceptors (Lipinski definition) is 1. The molecule has 10 aromatic rings. The molecule has 1 aromatic heterocycles. The van der Waals surface area contributed by atoms with Crippen LogP contribution < -0.4 is 0 Å². The van der Waals surface area contributed by atoms with E-state index in [0.717, 1.165) is 6.92 Å². The summed E-state index contributed by atoms with van der Waals surface area (Å²) >= 11 is 0. The van der Waals surface area contributed by atoms with E-state index in [-0.39, 0.29) is 0 Å². The minimum absolute atomic E-state index is 0.446. The van der Waals surface area contributed by atoms with Crippen molar-refractivity contribution in [3.8, 4) is 44.5 Å². The highest BCUT2D eigenvalue weighted by atomic mass is 16.3. The predicted molar refractivity (Wildman–Crippen MR) is 220 cm³/mol. The molecule has 1 aliphatic rings. The maximum Gasteiger partial charge on any atom is 0.143 e. The van der Waals surface area contributed by atoms with Crippen LogP contribution in [0.4, 0.5) is 0 Å². The van der Waals surface area contributed by atoms with Gasteiger partial charge in [-0.2, -0.15) is 0 Å². The minimum atomic E-state index is -3.39. The maximum atomic E-state index is 10.1. The molecule has 0 saturated carbocycles. The molecular weight excluding hydrogens is 629 g/mol. The average Bonchev–Trinajstić information content (AvgIpc) is 1.71. The number of furan rings is 1. The summed E-state index contributed by atoms with van der Waals surface area (Å²) in [6.45, 7) is -2.39. The maximum absolute atomic E-state index is 10.1. The molecule has 0 aliphatic heterocycles. The smallest absolute Gasteiger partial charge is 0.143 e. The van der Waals surface area contributed by atoms with Crippen molar-refractivity contribution >= 4 is 54.3 Å². The quantitative estimate of drug-likeness (QED) is 0.168. The average molecular weight is 694 g/mol. The summed E-state index contributed by atoms with van der Waals surface area (Å²) < 4.78 is 289. The van der Waals surface area contributed by atoms with Gasteiger partial charge in [-0.25, -0.2) is 0 Å². The zero-order chi connectivity index (χ0) is 61.4. The molecular formula is C51H34O. The first-order valence-corrected chi connectivity index (χ1v) is 15.7. The van der Waals surface area contributed by atoms with Crippen molar-refractivity contribution in [3.63, 3.8) is 0 Å². The van der Waals surface area contributed by atoms with Crippen LogP contribution >= 0.6 is 0 Å². The third-order valence-electron chi connectivity index (χ3n) is 9.25. The second-order valence-corrected chi connectivity index (χ2v) is 12.1. The van der Waals surface area contributed by atoms with Gasteiger partial charge in [0.25, 0.3) is 0 Å². The molecule has 1 atom stereocenters. The highest BCUT2D eigenvalue weighted by Gasteiger charge is 2.37. The van der Waals surface area contributed by atoms with Crippen LogP contribution in [0.3, 0.4) is 0 Å². The number of benzene rings is 9. The Balaban J connectivity index is 1.39. The molecule has 0 bridgehead atoms. The van der Waals surface area contributed by atoms with Gasteiger partial charge in [0.1, 0.15) is 11.2 Å². The molecule has 1 nitrogen and oxygen atoms in total. The third-order valence-corrected chi connectivity index (χ3v) is 9.25. The van der Waals surface area contributed by atoms with E-state index < -0.39 is 291 Å². The van der Waals surface area contributed by atoms with Crippen LogP contribution in [-0.4, -0.2) is 0 Å². The molecule has 0 saturated heterocycles. The molecule has 1 heteroatoms. The molecule has 11 rings (SSSR count). The standard InChI is InChI=1S/C51H34O/c1-51(2)45-24-10-9-17-37(45)42-23-12-22-35(49(42)51)32-14-11-15-33(29-32)47-38-18-5-7-20-40(38)48(41-21-8-6-19-39(41)47)34-26-28-46-44(30-34)43-27-25-31-13-3-4-16-36(31)50(43)52-46/h3-30H,1-2H3/i1D3,3D,4D,5D,6D,7D,8D,9D,10D,11D,12D,13D,14D,15D,16D,17D,18D,19D,20D,21D,22D,23D,24D,25D,26D,27D,28D,29D,30D. The number of fused-ring (bicyclic) bond motifs is 10. The lowest BCUT2D eigenvalue weighted by atomic mass is 9.78. The Morgan fingerprint density at radius 1 is 0.462 bits per heavy atom. The van der Waals surface area contributed by atoms with Crippen molar-refractivity contribution in [1.29, 1.82) is 0 Å². The first-order valence-electron chi connectivity index (χ1n) is 31.2. The van der Waals surface area contributed by atoms with E-state index in [9.17, 15) is 17.8 Å². The number of hydrogen-bond donors (Lipinski definition) is 0. The van der Waals surface area contributed by atoms with Gasteiger partial charge in [-0.1, -0.05) is 159 Å². The molecule has 0 N–H and O–H groups in total. The van der Waals surface area contributed by atoms with Gasteiger partial charge >= 0.3 is 0 Å². The Morgan fingerprint density at radius 2 is 1.06 bits per heavy atom. The fourth-order valence-electron chi connectivity index (χ4n) is 7.04. The first kappa shape index (κ1) is 12.1. The summed E-state index contributed by atoms with van der Waals surface area (Å²) in [5, 5.41) is -5.27. The van der Waals surface area contributed by atoms with Crippen LogP contribution in [0, 0.1) is 0 Å². The molecule has 1 unspecified atom stereocenters. The Kier molecular flexibility index (Phi) is 2.50. The van der Waals surface area contributed by atoms with Crippen molar-refractivity contribution in [2.24, 2.45) is 0 Å². The van der Waals surface area contributed by atoms with Crippen LogP contribution in [0.5, 0.6) is 0 Å². The van der Waals surface area contributed by atoms with Gasteiger partial charge in [0.2, 0.25) is 0 Å². The lowest BCUT2D eigenvalue weighted by Crippen LogP contribution is -2.16. The van der Waals surface area contributed by atoms with Gasteiger partial charge < -0.3 is 4.42 Å². The van der Waals surface area contributed by atoms with Gasteiger partial charge in [0, 0.05) is 25.7 Å². The summed E-state index contributed by atoms with van der Waals surface area (Å²) in [6.07, 6.45) is 0. The SMILES string of the molecule is [2H]c1c([2H])c(-c2c([2H])c([2H])c([2H])c3c2C(C)(C([2H])([2H])[2H])c2c([2H])c([2H])c([2H])c([2H])c2-3)c([2H])c(-c2c3c([2H])c([2H])c([2H])c([2H])c3c(-c3c([2H])c([2H])c4oc5c6c([2H])c([2H])c([2H])c([2H])c6c([2H])c([2H])c5c4c3[2H])c3c([2H])c([2H])c([2H])c([2H])c23)c1[2H]. The molecule has 0 amide bonds. The highest BCUT2D eigenvalue weighted by Crippen LogP contribution is 2.53. The second-order valence-electron chi connectivity index (χ2n) is 12.1. The fraction of sp³-hybridized carbons (Fsp3) is 0.0588. The van der Waals surface area contributed by atoms with Crippen molar-refractivity contribution in [2.75, 3.05) is 0 Å². The number of rotatable bonds is 3. The third kappa shape index (κ3) is 4.05. The lowest BCUT2D eigenvalue weighted by Gasteiger charge is -2.25. The zero-order valence-electron chi connectivity index (χ0n) is 57.4. The van der Waals surface area contributed by atoms with E-state index in [0.29, 0.717) is 0 Å². The van der Waals surface area contributed by atoms with Crippen LogP contribution in [0.2, 0.25) is 0 Å². The van der Waals surface area contributed by atoms with E-state index in [4.69, 9.17) is 29.1 Å². The normalized spacial score (nSPS) is 23.8.